The Bertz CT molecular complexity index is 945. The van der Waals surface area contributed by atoms with Gasteiger partial charge in [-0.25, -0.2) is 28.2 Å². The molecule has 0 saturated carbocycles. The maximum Gasteiger partial charge on any atom is 0.319 e. The molecule has 0 aliphatic heterocycles. The summed E-state index contributed by atoms with van der Waals surface area (Å²) in [6, 6.07) is 5.76. The van der Waals surface area contributed by atoms with Crippen LogP contribution in [-0.2, 0) is 0 Å². The standard InChI is InChI=1S/C17H17F2N7O/c1-11-4-7-26(25-11)16-9-15(22-10-23-16)20-5-6-21-17(27)24-14-8-12(18)2-3-13(14)19/h2-4,7-10H,5-6H2,1H3,(H,20,22,23)(H2,21,24,27). The van der Waals surface area contributed by atoms with Gasteiger partial charge in [0.25, 0.3) is 0 Å². The summed E-state index contributed by atoms with van der Waals surface area (Å²) in [5.41, 5.74) is 0.642. The van der Waals surface area contributed by atoms with Crippen LogP contribution in [0.5, 0.6) is 0 Å². The second-order valence-corrected chi connectivity index (χ2v) is 5.59. The molecule has 10 heteroatoms. The lowest BCUT2D eigenvalue weighted by molar-refractivity contribution is 0.252. The van der Waals surface area contributed by atoms with Crippen molar-refractivity contribution in [2.24, 2.45) is 0 Å². The number of carbonyl (C=O) groups is 1. The van der Waals surface area contributed by atoms with Crippen LogP contribution in [0.15, 0.2) is 42.9 Å². The highest BCUT2D eigenvalue weighted by Crippen LogP contribution is 2.14. The first kappa shape index (κ1) is 18.2. The molecule has 2 heterocycles. The lowest BCUT2D eigenvalue weighted by Gasteiger charge is -2.10. The van der Waals surface area contributed by atoms with Crippen molar-refractivity contribution < 1.29 is 13.6 Å². The van der Waals surface area contributed by atoms with Crippen LogP contribution in [0.2, 0.25) is 0 Å². The monoisotopic (exact) mass is 373 g/mol. The molecule has 0 aliphatic rings. The minimum absolute atomic E-state index is 0.226. The van der Waals surface area contributed by atoms with E-state index in [0.717, 1.165) is 23.9 Å². The van der Waals surface area contributed by atoms with Gasteiger partial charge in [0.2, 0.25) is 0 Å². The van der Waals surface area contributed by atoms with Crippen LogP contribution in [0.4, 0.5) is 25.1 Å². The molecule has 0 aliphatic carbocycles. The normalized spacial score (nSPS) is 10.5. The van der Waals surface area contributed by atoms with Crippen LogP contribution in [0, 0.1) is 18.6 Å². The lowest BCUT2D eigenvalue weighted by atomic mass is 10.3. The van der Waals surface area contributed by atoms with E-state index in [1.54, 1.807) is 16.9 Å². The molecule has 0 bridgehead atoms. The van der Waals surface area contributed by atoms with Crippen molar-refractivity contribution in [3.8, 4) is 5.82 Å². The van der Waals surface area contributed by atoms with Crippen molar-refractivity contribution in [2.75, 3.05) is 23.7 Å². The number of nitrogens with zero attached hydrogens (tertiary/aromatic N) is 4. The minimum Gasteiger partial charge on any atom is -0.368 e. The smallest absolute Gasteiger partial charge is 0.319 e. The molecule has 0 fully saturated rings. The molecule has 3 rings (SSSR count). The third-order valence-corrected chi connectivity index (χ3v) is 3.50. The average molecular weight is 373 g/mol. The van der Waals surface area contributed by atoms with Gasteiger partial charge in [0, 0.05) is 31.4 Å². The Labute approximate surface area is 153 Å². The Balaban J connectivity index is 1.47. The number of halogens is 2. The van der Waals surface area contributed by atoms with Gasteiger partial charge < -0.3 is 16.0 Å². The number of carbonyl (C=O) groups excluding carboxylic acids is 1. The van der Waals surface area contributed by atoms with Crippen molar-refractivity contribution >= 4 is 17.5 Å². The van der Waals surface area contributed by atoms with Crippen molar-refractivity contribution in [1.29, 1.82) is 0 Å². The zero-order valence-corrected chi connectivity index (χ0v) is 14.4. The van der Waals surface area contributed by atoms with E-state index in [-0.39, 0.29) is 12.2 Å². The van der Waals surface area contributed by atoms with Gasteiger partial charge in [-0.15, -0.1) is 0 Å². The molecule has 2 aromatic heterocycles. The van der Waals surface area contributed by atoms with Gasteiger partial charge in [-0.2, -0.15) is 5.10 Å². The Morgan fingerprint density at radius 2 is 2.00 bits per heavy atom. The zero-order chi connectivity index (χ0) is 19.2. The van der Waals surface area contributed by atoms with E-state index in [4.69, 9.17) is 0 Å². The second kappa shape index (κ2) is 8.21. The number of aryl methyl sites for hydroxylation is 1. The van der Waals surface area contributed by atoms with Crippen LogP contribution in [0.1, 0.15) is 5.69 Å². The highest BCUT2D eigenvalue weighted by Gasteiger charge is 2.08. The summed E-state index contributed by atoms with van der Waals surface area (Å²) in [7, 11) is 0. The molecular formula is C17H17F2N7O. The van der Waals surface area contributed by atoms with Crippen LogP contribution >= 0.6 is 0 Å². The number of aromatic nitrogens is 4. The largest absolute Gasteiger partial charge is 0.368 e. The lowest BCUT2D eigenvalue weighted by Crippen LogP contribution is -2.33. The first-order valence-corrected chi connectivity index (χ1v) is 8.10. The fourth-order valence-corrected chi connectivity index (χ4v) is 2.24. The van der Waals surface area contributed by atoms with Gasteiger partial charge in [-0.1, -0.05) is 0 Å². The van der Waals surface area contributed by atoms with Crippen molar-refractivity contribution in [3.05, 3.63) is 60.2 Å². The van der Waals surface area contributed by atoms with Gasteiger partial charge in [0.05, 0.1) is 11.4 Å². The van der Waals surface area contributed by atoms with E-state index in [2.05, 4.69) is 31.0 Å². The Morgan fingerprint density at radius 1 is 1.15 bits per heavy atom. The first-order chi connectivity index (χ1) is 13.0. The summed E-state index contributed by atoms with van der Waals surface area (Å²) in [5.74, 6) is -0.188. The summed E-state index contributed by atoms with van der Waals surface area (Å²) in [4.78, 5) is 20.0. The van der Waals surface area contributed by atoms with Gasteiger partial charge in [-0.05, 0) is 25.1 Å². The van der Waals surface area contributed by atoms with Crippen LogP contribution < -0.4 is 16.0 Å². The van der Waals surface area contributed by atoms with E-state index >= 15 is 0 Å². The number of nitrogens with one attached hydrogen (secondary N) is 3. The van der Waals surface area contributed by atoms with Crippen molar-refractivity contribution in [2.45, 2.75) is 6.92 Å². The molecule has 140 valence electrons. The Morgan fingerprint density at radius 3 is 2.78 bits per heavy atom. The predicted octanol–water partition coefficient (Wildman–Crippen LogP) is 2.48. The molecule has 2 amide bonds. The summed E-state index contributed by atoms with van der Waals surface area (Å²) < 4.78 is 28.2. The summed E-state index contributed by atoms with van der Waals surface area (Å²) in [5, 5.41) is 12.1. The molecule has 3 N–H and O–H groups in total. The average Bonchev–Trinajstić information content (AvgIpc) is 3.09. The number of hydrogen-bond acceptors (Lipinski definition) is 5. The summed E-state index contributed by atoms with van der Waals surface area (Å²) in [6.07, 6.45) is 3.19. The van der Waals surface area contributed by atoms with E-state index in [1.165, 1.54) is 6.33 Å². The summed E-state index contributed by atoms with van der Waals surface area (Å²) >= 11 is 0. The maximum absolute atomic E-state index is 13.5. The molecule has 8 nitrogen and oxygen atoms in total. The zero-order valence-electron chi connectivity index (χ0n) is 14.4. The van der Waals surface area contributed by atoms with E-state index in [0.29, 0.717) is 18.2 Å². The van der Waals surface area contributed by atoms with E-state index in [1.807, 2.05) is 13.0 Å². The van der Waals surface area contributed by atoms with Gasteiger partial charge >= 0.3 is 6.03 Å². The topological polar surface area (TPSA) is 96.8 Å². The van der Waals surface area contributed by atoms with Gasteiger partial charge in [0.1, 0.15) is 23.8 Å². The number of hydrogen-bond donors (Lipinski definition) is 3. The quantitative estimate of drug-likeness (QED) is 0.577. The molecular weight excluding hydrogens is 356 g/mol. The van der Waals surface area contributed by atoms with Crippen LogP contribution in [0.3, 0.4) is 0 Å². The first-order valence-electron chi connectivity index (χ1n) is 8.10. The molecule has 0 spiro atoms. The number of urea groups is 1. The van der Waals surface area contributed by atoms with Gasteiger partial charge in [0.15, 0.2) is 5.82 Å². The van der Waals surface area contributed by atoms with E-state index < -0.39 is 17.7 Å². The van der Waals surface area contributed by atoms with Crippen LogP contribution in [0.25, 0.3) is 5.82 Å². The molecule has 27 heavy (non-hydrogen) atoms. The summed E-state index contributed by atoms with van der Waals surface area (Å²) in [6.45, 7) is 2.49. The van der Waals surface area contributed by atoms with Crippen molar-refractivity contribution in [1.82, 2.24) is 25.1 Å². The second-order valence-electron chi connectivity index (χ2n) is 5.59. The molecule has 0 radical (unpaired) electrons. The fraction of sp³-hybridized carbons (Fsp3) is 0.176. The number of amides is 2. The molecule has 0 saturated heterocycles. The minimum atomic E-state index is -0.716. The molecule has 0 unspecified atom stereocenters. The predicted molar refractivity (Wildman–Crippen MR) is 95.8 cm³/mol. The Hall–Kier alpha value is -3.56. The number of rotatable bonds is 6. The number of anilines is 2. The third kappa shape index (κ3) is 4.97. The SMILES string of the molecule is Cc1ccn(-c2cc(NCCNC(=O)Nc3cc(F)ccc3F)ncn2)n1. The highest BCUT2D eigenvalue weighted by molar-refractivity contribution is 5.89. The maximum atomic E-state index is 13.5. The number of benzene rings is 1. The van der Waals surface area contributed by atoms with Gasteiger partial charge in [-0.3, -0.25) is 0 Å². The molecule has 3 aromatic rings. The van der Waals surface area contributed by atoms with E-state index in [9.17, 15) is 13.6 Å². The fourth-order valence-electron chi connectivity index (χ4n) is 2.24. The molecule has 1 aromatic carbocycles. The third-order valence-electron chi connectivity index (χ3n) is 3.50. The van der Waals surface area contributed by atoms with Crippen molar-refractivity contribution in [3.63, 3.8) is 0 Å². The molecule has 0 atom stereocenters. The highest BCUT2D eigenvalue weighted by atomic mass is 19.1. The van der Waals surface area contributed by atoms with Crippen LogP contribution in [-0.4, -0.2) is 38.9 Å². The Kier molecular flexibility index (Phi) is 5.55.